The van der Waals surface area contributed by atoms with Gasteiger partial charge in [0.15, 0.2) is 5.78 Å². The fraction of sp³-hybridized carbons (Fsp3) is 0.457. The number of halogens is 2. The van der Waals surface area contributed by atoms with Crippen LogP contribution in [0.25, 0.3) is 0 Å². The SMILES string of the molecule is CC(C)c1ccc(C(=O)CCl)cc1.CC(C)c1ccc(C2CC2)cc1.CC(C)c1ccc(CC2CO2)cc1.CC(C)c1ccc(CCCl)cc1. The third kappa shape index (κ3) is 15.1. The van der Waals surface area contributed by atoms with Crippen molar-refractivity contribution >= 4 is 29.0 Å². The molecule has 1 aliphatic carbocycles. The molecule has 4 aromatic rings. The Labute approximate surface area is 314 Å². The summed E-state index contributed by atoms with van der Waals surface area (Å²) >= 11 is 11.1. The maximum Gasteiger partial charge on any atom is 0.177 e. The molecule has 2 nitrogen and oxygen atoms in total. The van der Waals surface area contributed by atoms with Crippen molar-refractivity contribution in [1.82, 2.24) is 0 Å². The summed E-state index contributed by atoms with van der Waals surface area (Å²) < 4.78 is 5.19. The van der Waals surface area contributed by atoms with E-state index >= 15 is 0 Å². The highest BCUT2D eigenvalue weighted by Gasteiger charge is 2.23. The Balaban J connectivity index is 0.000000180. The van der Waals surface area contributed by atoms with E-state index in [1.165, 1.54) is 46.2 Å². The molecule has 4 aromatic carbocycles. The molecular weight excluding hydrogens is 655 g/mol. The van der Waals surface area contributed by atoms with E-state index in [4.69, 9.17) is 27.9 Å². The molecule has 0 amide bonds. The molecule has 6 rings (SSSR count). The van der Waals surface area contributed by atoms with Crippen molar-refractivity contribution in [2.24, 2.45) is 0 Å². The molecule has 0 bridgehead atoms. The van der Waals surface area contributed by atoms with Crippen LogP contribution in [0.2, 0.25) is 0 Å². The van der Waals surface area contributed by atoms with Crippen LogP contribution < -0.4 is 0 Å². The molecule has 1 heterocycles. The van der Waals surface area contributed by atoms with Crippen LogP contribution in [0, 0.1) is 0 Å². The maximum atomic E-state index is 11.2. The molecule has 0 radical (unpaired) electrons. The molecule has 0 N–H and O–H groups in total. The van der Waals surface area contributed by atoms with Gasteiger partial charge in [-0.2, -0.15) is 0 Å². The molecular formula is C46H60Cl2O2. The fourth-order valence-electron chi connectivity index (χ4n) is 5.37. The van der Waals surface area contributed by atoms with Gasteiger partial charge in [0.25, 0.3) is 0 Å². The molecule has 1 aliphatic heterocycles. The molecule has 1 saturated heterocycles. The first-order chi connectivity index (χ1) is 23.9. The van der Waals surface area contributed by atoms with Crippen molar-refractivity contribution in [3.05, 3.63) is 142 Å². The zero-order chi connectivity index (χ0) is 36.6. The van der Waals surface area contributed by atoms with Gasteiger partial charge in [-0.1, -0.05) is 152 Å². The Morgan fingerprint density at radius 1 is 0.600 bits per heavy atom. The van der Waals surface area contributed by atoms with Gasteiger partial charge in [-0.15, -0.1) is 23.2 Å². The van der Waals surface area contributed by atoms with Crippen LogP contribution in [0.3, 0.4) is 0 Å². The first-order valence-corrected chi connectivity index (χ1v) is 19.6. The highest BCUT2D eigenvalue weighted by molar-refractivity contribution is 6.30. The Hall–Kier alpha value is -2.91. The minimum absolute atomic E-state index is 0.0167. The molecule has 0 aromatic heterocycles. The Bertz CT molecular complexity index is 1490. The second-order valence-corrected chi connectivity index (χ2v) is 15.5. The standard InChI is InChI=1S/C12H16O.C12H16.C11H13ClO.C11H15Cl/c1-9(2)11-5-3-10(4-6-11)7-12-8-13-12;1-9(2)10-3-5-11(6-4-10)12-7-8-12;1-8(2)9-3-5-10(6-4-9)11(13)7-12;1-9(2)11-5-3-10(4-6-11)7-8-12/h3-6,9,12H,7-8H2,1-2H3;3-6,9,12H,7-8H2,1-2H3;3-6,8H,7H2,1-2H3;3-6,9H,7-8H2,1-2H3. The molecule has 1 saturated carbocycles. The van der Waals surface area contributed by atoms with Crippen LogP contribution in [0.5, 0.6) is 0 Å². The number of ketones is 1. The number of benzene rings is 4. The van der Waals surface area contributed by atoms with Crippen molar-refractivity contribution in [2.75, 3.05) is 18.4 Å². The van der Waals surface area contributed by atoms with E-state index in [2.05, 4.69) is 128 Å². The van der Waals surface area contributed by atoms with Gasteiger partial charge in [-0.3, -0.25) is 4.79 Å². The van der Waals surface area contributed by atoms with Crippen LogP contribution in [-0.4, -0.2) is 30.3 Å². The molecule has 50 heavy (non-hydrogen) atoms. The second kappa shape index (κ2) is 21.5. The number of Topliss-reactive ketones (excluding diaryl/α,β-unsaturated/α-hetero) is 1. The van der Waals surface area contributed by atoms with Gasteiger partial charge in [0, 0.05) is 17.9 Å². The predicted molar refractivity (Wildman–Crippen MR) is 217 cm³/mol. The lowest BCUT2D eigenvalue weighted by Gasteiger charge is -2.05. The number of hydrogen-bond donors (Lipinski definition) is 0. The lowest BCUT2D eigenvalue weighted by Crippen LogP contribution is -2.00. The molecule has 1 atom stereocenters. The number of hydrogen-bond acceptors (Lipinski definition) is 2. The Morgan fingerprint density at radius 3 is 1.32 bits per heavy atom. The lowest BCUT2D eigenvalue weighted by atomic mass is 10.0. The predicted octanol–water partition coefficient (Wildman–Crippen LogP) is 13.3. The van der Waals surface area contributed by atoms with Crippen LogP contribution >= 0.6 is 23.2 Å². The monoisotopic (exact) mass is 714 g/mol. The fourth-order valence-corrected chi connectivity index (χ4v) is 5.74. The van der Waals surface area contributed by atoms with E-state index in [-0.39, 0.29) is 11.7 Å². The van der Waals surface area contributed by atoms with Gasteiger partial charge in [0.1, 0.15) is 0 Å². The highest BCUT2D eigenvalue weighted by Crippen LogP contribution is 2.40. The van der Waals surface area contributed by atoms with Crippen molar-refractivity contribution in [1.29, 1.82) is 0 Å². The Kier molecular flexibility index (Phi) is 17.8. The highest BCUT2D eigenvalue weighted by atomic mass is 35.5. The van der Waals surface area contributed by atoms with Crippen LogP contribution in [0.4, 0.5) is 0 Å². The molecule has 0 spiro atoms. The summed E-state index contributed by atoms with van der Waals surface area (Å²) in [6.07, 6.45) is 5.37. The van der Waals surface area contributed by atoms with Crippen LogP contribution in [-0.2, 0) is 17.6 Å². The second-order valence-electron chi connectivity index (χ2n) is 14.8. The van der Waals surface area contributed by atoms with Gasteiger partial charge >= 0.3 is 0 Å². The van der Waals surface area contributed by atoms with E-state index in [1.54, 1.807) is 5.56 Å². The third-order valence-electron chi connectivity index (χ3n) is 9.21. The van der Waals surface area contributed by atoms with Crippen molar-refractivity contribution in [3.8, 4) is 0 Å². The van der Waals surface area contributed by atoms with Gasteiger partial charge < -0.3 is 4.74 Å². The van der Waals surface area contributed by atoms with Gasteiger partial charge in [0.05, 0.1) is 18.6 Å². The molecule has 1 unspecified atom stereocenters. The number of carbonyl (C=O) groups is 1. The average Bonchev–Trinajstić information content (AvgIpc) is 4.06. The topological polar surface area (TPSA) is 29.6 Å². The lowest BCUT2D eigenvalue weighted by molar-refractivity contribution is 0.102. The van der Waals surface area contributed by atoms with E-state index in [0.29, 0.717) is 41.2 Å². The molecule has 2 fully saturated rings. The number of rotatable bonds is 11. The Morgan fingerprint density at radius 2 is 0.980 bits per heavy atom. The van der Waals surface area contributed by atoms with Gasteiger partial charge in [0.2, 0.25) is 0 Å². The zero-order valence-electron chi connectivity index (χ0n) is 31.7. The quantitative estimate of drug-likeness (QED) is 0.0879. The molecule has 2 aliphatic rings. The largest absolute Gasteiger partial charge is 0.373 e. The summed E-state index contributed by atoms with van der Waals surface area (Å²) in [5.41, 5.74) is 10.5. The summed E-state index contributed by atoms with van der Waals surface area (Å²) in [5.74, 6) is 4.06. The summed E-state index contributed by atoms with van der Waals surface area (Å²) in [5, 5.41) is 0. The normalized spacial score (nSPS) is 14.7. The van der Waals surface area contributed by atoms with Crippen LogP contribution in [0.1, 0.15) is 147 Å². The first kappa shape index (κ1) is 41.5. The number of aryl methyl sites for hydroxylation is 1. The summed E-state index contributed by atoms with van der Waals surface area (Å²) in [6, 6.07) is 34.4. The number of ether oxygens (including phenoxy) is 1. The third-order valence-corrected chi connectivity index (χ3v) is 9.65. The maximum absolute atomic E-state index is 11.2. The van der Waals surface area contributed by atoms with Crippen LogP contribution in [0.15, 0.2) is 97.1 Å². The average molecular weight is 716 g/mol. The summed E-state index contributed by atoms with van der Waals surface area (Å²) in [7, 11) is 0. The van der Waals surface area contributed by atoms with Crippen molar-refractivity contribution in [3.63, 3.8) is 0 Å². The smallest absolute Gasteiger partial charge is 0.177 e. The number of epoxide rings is 1. The van der Waals surface area contributed by atoms with E-state index in [0.717, 1.165) is 25.4 Å². The van der Waals surface area contributed by atoms with Gasteiger partial charge in [-0.05, 0) is 87.8 Å². The molecule has 270 valence electrons. The zero-order valence-corrected chi connectivity index (χ0v) is 33.2. The molecule has 4 heteroatoms. The van der Waals surface area contributed by atoms with Crippen molar-refractivity contribution in [2.45, 2.75) is 117 Å². The summed E-state index contributed by atoms with van der Waals surface area (Å²) in [4.78, 5) is 11.2. The number of alkyl halides is 2. The van der Waals surface area contributed by atoms with E-state index in [1.807, 2.05) is 24.3 Å². The van der Waals surface area contributed by atoms with Gasteiger partial charge in [-0.25, -0.2) is 0 Å². The summed E-state index contributed by atoms with van der Waals surface area (Å²) in [6.45, 7) is 18.5. The van der Waals surface area contributed by atoms with E-state index in [9.17, 15) is 4.79 Å². The minimum atomic E-state index is -0.0167. The van der Waals surface area contributed by atoms with E-state index < -0.39 is 0 Å². The first-order valence-electron chi connectivity index (χ1n) is 18.6. The van der Waals surface area contributed by atoms with Crippen molar-refractivity contribution < 1.29 is 9.53 Å². The minimum Gasteiger partial charge on any atom is -0.373 e. The number of carbonyl (C=O) groups excluding carboxylic acids is 1.